The minimum absolute atomic E-state index is 0.0955. The molecule has 4 aromatic carbocycles. The first kappa shape index (κ1) is 17.0. The van der Waals surface area contributed by atoms with Gasteiger partial charge in [-0.25, -0.2) is 4.99 Å². The van der Waals surface area contributed by atoms with Gasteiger partial charge < -0.3 is 9.73 Å². The van der Waals surface area contributed by atoms with Crippen LogP contribution in [-0.4, -0.2) is 16.2 Å². The molecule has 9 rings (SSSR count). The van der Waals surface area contributed by atoms with Gasteiger partial charge in [-0.1, -0.05) is 60.7 Å². The van der Waals surface area contributed by atoms with Crippen LogP contribution in [0.1, 0.15) is 0 Å². The summed E-state index contributed by atoms with van der Waals surface area (Å²) in [6, 6.07) is 23.7. The lowest BCUT2D eigenvalue weighted by molar-refractivity contribution is 0.669. The molecule has 4 nitrogen and oxygen atoms in total. The van der Waals surface area contributed by atoms with Gasteiger partial charge in [-0.05, 0) is 41.1 Å². The topological polar surface area (TPSA) is 41.9 Å². The summed E-state index contributed by atoms with van der Waals surface area (Å²) < 4.78 is 8.61. The van der Waals surface area contributed by atoms with Crippen molar-refractivity contribution in [2.24, 2.45) is 4.99 Å². The normalized spacial score (nSPS) is 17.3. The van der Waals surface area contributed by atoms with E-state index in [2.05, 4.69) is 88.6 Å². The molecule has 0 saturated carbocycles. The van der Waals surface area contributed by atoms with Crippen molar-refractivity contribution in [2.75, 3.05) is 5.32 Å². The van der Waals surface area contributed by atoms with Crippen LogP contribution in [0.25, 0.3) is 59.9 Å². The average molecular weight is 435 g/mol. The third kappa shape index (κ3) is 1.86. The summed E-state index contributed by atoms with van der Waals surface area (Å²) in [6.45, 7) is 0. The molecule has 4 heterocycles. The standard InChI is InChI=1S/C30H17N3O/c1-2-8-17-16(7-1)15-19-25-22(13-14-24-26(25)18-9-3-6-12-23(18)34-24)33-29(19)27(17)28-30(33)32-21-11-5-4-10-20(21)31-28/h1-15,20,31H. The third-order valence-corrected chi connectivity index (χ3v) is 7.50. The number of nitrogens with zero attached hydrogens (tertiary/aromatic N) is 2. The van der Waals surface area contributed by atoms with Crippen molar-refractivity contribution in [3.63, 3.8) is 0 Å². The van der Waals surface area contributed by atoms with E-state index in [4.69, 9.17) is 9.41 Å². The smallest absolute Gasteiger partial charge is 0.162 e. The average Bonchev–Trinajstić information content (AvgIpc) is 3.52. The van der Waals surface area contributed by atoms with E-state index in [1.807, 2.05) is 12.1 Å². The van der Waals surface area contributed by atoms with Gasteiger partial charge in [0, 0.05) is 26.9 Å². The molecule has 2 aliphatic rings. The molecule has 7 aromatic rings. The van der Waals surface area contributed by atoms with E-state index in [0.717, 1.165) is 39.3 Å². The summed E-state index contributed by atoms with van der Waals surface area (Å²) in [4.78, 5) is 5.20. The Morgan fingerprint density at radius 2 is 1.68 bits per heavy atom. The maximum absolute atomic E-state index is 6.25. The molecule has 1 unspecified atom stereocenters. The van der Waals surface area contributed by atoms with Gasteiger partial charge in [0.1, 0.15) is 11.2 Å². The number of allylic oxidation sites excluding steroid dienone is 2. The van der Waals surface area contributed by atoms with Crippen molar-refractivity contribution in [3.05, 3.63) is 91.0 Å². The number of aliphatic imine (C=N–C) groups is 1. The number of fused-ring (bicyclic) bond motifs is 13. The first-order chi connectivity index (χ1) is 16.9. The Morgan fingerprint density at radius 1 is 0.794 bits per heavy atom. The molecule has 1 aliphatic heterocycles. The highest BCUT2D eigenvalue weighted by Crippen LogP contribution is 2.51. The first-order valence-corrected chi connectivity index (χ1v) is 11.6. The summed E-state index contributed by atoms with van der Waals surface area (Å²) in [7, 11) is 0. The lowest BCUT2D eigenvalue weighted by atomic mass is 9.98. The number of hydrogen-bond acceptors (Lipinski definition) is 3. The van der Waals surface area contributed by atoms with Crippen LogP contribution in [0.3, 0.4) is 0 Å². The Morgan fingerprint density at radius 3 is 2.65 bits per heavy atom. The Labute approximate surface area is 193 Å². The SMILES string of the molecule is C1=CC2=Nc3c(c4c5ccccc5cc5c6c7c(ccc6n3c54)oc3ccccc37)NC2C=C1. The van der Waals surface area contributed by atoms with Gasteiger partial charge in [-0.2, -0.15) is 0 Å². The lowest BCUT2D eigenvalue weighted by Gasteiger charge is -2.23. The molecule has 0 fully saturated rings. The number of rotatable bonds is 0. The second-order valence-corrected chi connectivity index (χ2v) is 9.24. The van der Waals surface area contributed by atoms with E-state index in [-0.39, 0.29) is 6.04 Å². The van der Waals surface area contributed by atoms with Crippen LogP contribution in [-0.2, 0) is 0 Å². The fourth-order valence-corrected chi connectivity index (χ4v) is 6.12. The van der Waals surface area contributed by atoms with E-state index in [0.29, 0.717) is 0 Å². The summed E-state index contributed by atoms with van der Waals surface area (Å²) in [5, 5.41) is 12.3. The molecule has 0 radical (unpaired) electrons. The summed E-state index contributed by atoms with van der Waals surface area (Å²) >= 11 is 0. The number of hydrogen-bond donors (Lipinski definition) is 1. The van der Waals surface area contributed by atoms with Gasteiger partial charge in [0.2, 0.25) is 0 Å². The third-order valence-electron chi connectivity index (χ3n) is 7.50. The predicted octanol–water partition coefficient (Wildman–Crippen LogP) is 7.73. The second kappa shape index (κ2) is 5.67. The quantitative estimate of drug-likeness (QED) is 0.265. The minimum atomic E-state index is 0.0955. The maximum atomic E-state index is 6.25. The van der Waals surface area contributed by atoms with E-state index in [9.17, 15) is 0 Å². The fourth-order valence-electron chi connectivity index (χ4n) is 6.12. The Bertz CT molecular complexity index is 2100. The fraction of sp³-hybridized carbons (Fsp3) is 0.0333. The van der Waals surface area contributed by atoms with Crippen molar-refractivity contribution in [3.8, 4) is 0 Å². The number of benzene rings is 4. The molecule has 1 aliphatic carbocycles. The lowest BCUT2D eigenvalue weighted by Crippen LogP contribution is -2.29. The zero-order valence-corrected chi connectivity index (χ0v) is 18.0. The van der Waals surface area contributed by atoms with Crippen molar-refractivity contribution in [2.45, 2.75) is 6.04 Å². The van der Waals surface area contributed by atoms with Crippen LogP contribution in [0.15, 0.2) is 100 Å². The number of nitrogens with one attached hydrogen (secondary N) is 1. The molecular formula is C30H17N3O. The summed E-state index contributed by atoms with van der Waals surface area (Å²) in [6.07, 6.45) is 8.43. The van der Waals surface area contributed by atoms with Crippen LogP contribution < -0.4 is 5.32 Å². The molecular weight excluding hydrogens is 418 g/mol. The molecule has 0 saturated heterocycles. The molecule has 1 N–H and O–H groups in total. The minimum Gasteiger partial charge on any atom is -0.456 e. The molecule has 3 aromatic heterocycles. The Kier molecular flexibility index (Phi) is 2.83. The number of aromatic nitrogens is 1. The monoisotopic (exact) mass is 435 g/mol. The van der Waals surface area contributed by atoms with Gasteiger partial charge in [-0.15, -0.1) is 0 Å². The maximum Gasteiger partial charge on any atom is 0.162 e. The Balaban J connectivity index is 1.60. The molecule has 34 heavy (non-hydrogen) atoms. The van der Waals surface area contributed by atoms with Crippen molar-refractivity contribution >= 4 is 77.1 Å². The second-order valence-electron chi connectivity index (χ2n) is 9.24. The summed E-state index contributed by atoms with van der Waals surface area (Å²) in [5.74, 6) is 0.977. The van der Waals surface area contributed by atoms with Crippen LogP contribution in [0, 0.1) is 0 Å². The van der Waals surface area contributed by atoms with Crippen molar-refractivity contribution in [1.29, 1.82) is 0 Å². The zero-order valence-electron chi connectivity index (χ0n) is 18.0. The van der Waals surface area contributed by atoms with E-state index in [1.54, 1.807) is 0 Å². The van der Waals surface area contributed by atoms with Gasteiger partial charge in [0.05, 0.1) is 28.5 Å². The predicted molar refractivity (Wildman–Crippen MR) is 141 cm³/mol. The number of anilines is 1. The largest absolute Gasteiger partial charge is 0.456 e. The first-order valence-electron chi connectivity index (χ1n) is 11.6. The molecule has 0 spiro atoms. The Hall–Kier alpha value is -4.57. The van der Waals surface area contributed by atoms with Crippen LogP contribution in [0.2, 0.25) is 0 Å². The van der Waals surface area contributed by atoms with E-state index >= 15 is 0 Å². The highest BCUT2D eigenvalue weighted by atomic mass is 16.3. The van der Waals surface area contributed by atoms with Crippen LogP contribution >= 0.6 is 0 Å². The molecule has 0 bridgehead atoms. The molecule has 158 valence electrons. The van der Waals surface area contributed by atoms with Gasteiger partial charge in [-0.3, -0.25) is 4.40 Å². The van der Waals surface area contributed by atoms with Crippen LogP contribution in [0.4, 0.5) is 11.5 Å². The summed E-state index contributed by atoms with van der Waals surface area (Å²) in [5.41, 5.74) is 6.39. The number of para-hydroxylation sites is 1. The van der Waals surface area contributed by atoms with Gasteiger partial charge in [0.15, 0.2) is 5.82 Å². The zero-order chi connectivity index (χ0) is 22.0. The van der Waals surface area contributed by atoms with E-state index < -0.39 is 0 Å². The molecule has 4 heteroatoms. The van der Waals surface area contributed by atoms with Gasteiger partial charge in [0.25, 0.3) is 0 Å². The van der Waals surface area contributed by atoms with Gasteiger partial charge >= 0.3 is 0 Å². The van der Waals surface area contributed by atoms with Crippen molar-refractivity contribution < 1.29 is 4.42 Å². The van der Waals surface area contributed by atoms with E-state index in [1.165, 1.54) is 37.8 Å². The number of furan rings is 1. The highest BCUT2D eigenvalue weighted by Gasteiger charge is 2.30. The van der Waals surface area contributed by atoms with Crippen LogP contribution in [0.5, 0.6) is 0 Å². The highest BCUT2D eigenvalue weighted by molar-refractivity contribution is 6.35. The molecule has 1 atom stereocenters. The van der Waals surface area contributed by atoms with Crippen molar-refractivity contribution in [1.82, 2.24) is 4.40 Å². The molecule has 0 amide bonds.